The summed E-state index contributed by atoms with van der Waals surface area (Å²) in [7, 11) is 0. The van der Waals surface area contributed by atoms with Crippen LogP contribution >= 0.6 is 0 Å². The van der Waals surface area contributed by atoms with Gasteiger partial charge in [-0.05, 0) is 23.1 Å². The van der Waals surface area contributed by atoms with E-state index >= 15 is 0 Å². The largest absolute Gasteiger partial charge is 0.507 e. The van der Waals surface area contributed by atoms with Gasteiger partial charge in [-0.3, -0.25) is 0 Å². The van der Waals surface area contributed by atoms with E-state index in [0.29, 0.717) is 6.54 Å². The zero-order chi connectivity index (χ0) is 15.4. The number of phenolic OH excluding ortho intramolecular Hbond substituents is 1. The average Bonchev–Trinajstić information content (AvgIpc) is 2.48. The van der Waals surface area contributed by atoms with Crippen molar-refractivity contribution in [3.05, 3.63) is 42.0 Å². The molecule has 0 radical (unpaired) electrons. The van der Waals surface area contributed by atoms with Crippen LogP contribution in [0.5, 0.6) is 5.75 Å². The Balaban J connectivity index is 0.000000641. The minimum Gasteiger partial charge on any atom is -0.507 e. The summed E-state index contributed by atoms with van der Waals surface area (Å²) >= 11 is 0. The van der Waals surface area contributed by atoms with Crippen LogP contribution in [0.1, 0.15) is 39.7 Å². The minimum absolute atomic E-state index is 0.279. The van der Waals surface area contributed by atoms with Crippen molar-refractivity contribution < 1.29 is 6.52 Å². The van der Waals surface area contributed by atoms with Crippen molar-refractivity contribution in [1.29, 1.82) is 5.52 Å². The second kappa shape index (κ2) is 10.1. The number of hydrogen-bond donors (Lipinski definition) is 2. The lowest BCUT2D eigenvalue weighted by molar-refractivity contribution is 0.481. The molecule has 2 rings (SSSR count). The van der Waals surface area contributed by atoms with Gasteiger partial charge in [-0.25, -0.2) is 5.52 Å². The second-order valence-electron chi connectivity index (χ2n) is 3.84. The van der Waals surface area contributed by atoms with Gasteiger partial charge in [-0.15, -0.1) is 0 Å². The van der Waals surface area contributed by atoms with E-state index in [1.54, 1.807) is 12.1 Å². The monoisotopic (exact) mass is 261 g/mol. The Morgan fingerprint density at radius 2 is 1.89 bits per heavy atom. The molecule has 0 heterocycles. The van der Waals surface area contributed by atoms with Crippen molar-refractivity contribution in [2.24, 2.45) is 5.11 Å². The number of nitrogens with zero attached hydrogens (tertiary/aromatic N) is 1. The van der Waals surface area contributed by atoms with Crippen molar-refractivity contribution in [2.45, 2.75) is 40.7 Å². The van der Waals surface area contributed by atoms with Gasteiger partial charge in [0, 0.05) is 5.39 Å². The van der Waals surface area contributed by atoms with Crippen molar-refractivity contribution in [2.75, 3.05) is 0 Å². The van der Waals surface area contributed by atoms with Gasteiger partial charge in [0.1, 0.15) is 5.75 Å². The van der Waals surface area contributed by atoms with Crippen molar-refractivity contribution in [3.8, 4) is 5.75 Å². The number of aromatic hydroxyl groups is 1. The molecule has 0 unspecified atom stereocenters. The maximum Gasteiger partial charge on any atom is 0.213 e. The molecule has 0 aromatic heterocycles. The Bertz CT molecular complexity index is 527. The highest BCUT2D eigenvalue weighted by molar-refractivity contribution is 5.88. The van der Waals surface area contributed by atoms with Gasteiger partial charge < -0.3 is 5.11 Å². The smallest absolute Gasteiger partial charge is 0.213 e. The summed E-state index contributed by atoms with van der Waals surface area (Å²) in [6, 6.07) is 11.0. The third kappa shape index (κ3) is 5.51. The molecular formula is C16H24N2O. The van der Waals surface area contributed by atoms with Gasteiger partial charge in [-0.2, -0.15) is 5.11 Å². The number of fused-ring (bicyclic) bond motifs is 1. The molecule has 104 valence electrons. The van der Waals surface area contributed by atoms with Crippen LogP contribution in [0.25, 0.3) is 10.8 Å². The first-order valence-corrected chi connectivity index (χ1v) is 6.74. The Morgan fingerprint density at radius 3 is 2.53 bits per heavy atom. The highest BCUT2D eigenvalue weighted by Crippen LogP contribution is 2.25. The molecule has 0 aliphatic rings. The molecule has 3 nitrogen and oxygen atoms in total. The average molecular weight is 261 g/mol. The molecule has 0 aliphatic heterocycles. The lowest BCUT2D eigenvalue weighted by Crippen LogP contribution is -1.81. The van der Waals surface area contributed by atoms with E-state index in [1.165, 1.54) is 6.42 Å². The molecule has 2 aromatic rings. The fourth-order valence-corrected chi connectivity index (χ4v) is 1.50. The van der Waals surface area contributed by atoms with E-state index in [1.807, 2.05) is 38.1 Å². The molecule has 0 bridgehead atoms. The lowest BCUT2D eigenvalue weighted by Gasteiger charge is -2.02. The Labute approximate surface area is 117 Å². The third-order valence-corrected chi connectivity index (χ3v) is 2.18. The summed E-state index contributed by atoms with van der Waals surface area (Å²) in [5.41, 5.74) is 3.93. The molecule has 0 saturated carbocycles. The van der Waals surface area contributed by atoms with E-state index in [2.05, 4.69) is 24.5 Å². The van der Waals surface area contributed by atoms with Gasteiger partial charge in [0.2, 0.25) is 1.41 Å². The predicted molar refractivity (Wildman–Crippen MR) is 81.8 cm³/mol. The quantitative estimate of drug-likeness (QED) is 0.687. The van der Waals surface area contributed by atoms with Gasteiger partial charge in [0.15, 0.2) is 0 Å². The first kappa shape index (κ1) is 15.2. The van der Waals surface area contributed by atoms with Crippen LogP contribution < -0.4 is 0 Å². The van der Waals surface area contributed by atoms with Crippen LogP contribution in [0.15, 0.2) is 41.5 Å². The zero-order valence-electron chi connectivity index (χ0n) is 13.2. The fraction of sp³-hybridized carbons (Fsp3) is 0.375. The van der Waals surface area contributed by atoms with Crippen LogP contribution in [0, 0.1) is 5.52 Å². The normalized spacial score (nSPS) is 10.2. The highest BCUT2D eigenvalue weighted by atomic mass is 16.3. The van der Waals surface area contributed by atoms with Crippen molar-refractivity contribution >= 4 is 10.8 Å². The number of benzene rings is 2. The number of hydrogen-bond acceptors (Lipinski definition) is 3. The molecule has 0 atom stereocenters. The molecule has 0 aliphatic carbocycles. The number of rotatable bonds is 2. The van der Waals surface area contributed by atoms with E-state index in [9.17, 15) is 5.11 Å². The molecular weight excluding hydrogens is 236 g/mol. The molecule has 19 heavy (non-hydrogen) atoms. The van der Waals surface area contributed by atoms with Crippen molar-refractivity contribution in [3.63, 3.8) is 0 Å². The Morgan fingerprint density at radius 1 is 1.21 bits per heavy atom. The van der Waals surface area contributed by atoms with E-state index in [4.69, 9.17) is 1.41 Å². The van der Waals surface area contributed by atoms with E-state index in [-0.39, 0.29) is 5.75 Å². The summed E-state index contributed by atoms with van der Waals surface area (Å²) in [5.74, 6) is 0.279. The van der Waals surface area contributed by atoms with Crippen LogP contribution in [0.4, 0.5) is 0 Å². The van der Waals surface area contributed by atoms with Crippen molar-refractivity contribution in [1.82, 2.24) is 0 Å². The predicted octanol–water partition coefficient (Wildman–Crippen LogP) is 5.52. The first-order valence-electron chi connectivity index (χ1n) is 7.19. The number of nitrogens with one attached hydrogen (secondary N) is 1. The molecule has 3 heteroatoms. The van der Waals surface area contributed by atoms with Crippen LogP contribution in [0.2, 0.25) is 1.41 Å². The lowest BCUT2D eigenvalue weighted by atomic mass is 10.1. The first-order chi connectivity index (χ1) is 9.72. The zero-order valence-corrected chi connectivity index (χ0v) is 12.2. The van der Waals surface area contributed by atoms with E-state index < -0.39 is 0 Å². The van der Waals surface area contributed by atoms with Crippen LogP contribution in [0.3, 0.4) is 0 Å². The Hall–Kier alpha value is -1.90. The van der Waals surface area contributed by atoms with Gasteiger partial charge in [-0.1, -0.05) is 58.4 Å². The molecule has 2 aromatic carbocycles. The molecule has 0 spiro atoms. The Kier molecular flexibility index (Phi) is 8.03. The minimum atomic E-state index is 0.279. The summed E-state index contributed by atoms with van der Waals surface area (Å²) in [6.45, 7) is 8.65. The molecule has 2 N–H and O–H groups in total. The second-order valence-corrected chi connectivity index (χ2v) is 3.84. The fourth-order valence-electron chi connectivity index (χ4n) is 1.50. The standard InChI is InChI=1S/C11H10N2O.C3H8.C2H6/c12-13-7-8-4-5-10-9(6-8)2-1-3-11(10)14;1-3-2;1-2/h1-6,12,14H,7H2;3H2,1-2H3;1-2H3/i/hD. The summed E-state index contributed by atoms with van der Waals surface area (Å²) in [4.78, 5) is 0. The molecule has 0 amide bonds. The van der Waals surface area contributed by atoms with Gasteiger partial charge in [0.25, 0.3) is 0 Å². The summed E-state index contributed by atoms with van der Waals surface area (Å²) in [6.07, 6.45) is 1.25. The summed E-state index contributed by atoms with van der Waals surface area (Å²) in [5, 5.41) is 15.0. The summed E-state index contributed by atoms with van der Waals surface area (Å²) < 4.78 is 6.57. The number of phenols is 1. The maximum absolute atomic E-state index is 9.57. The molecule has 0 saturated heterocycles. The highest BCUT2D eigenvalue weighted by Gasteiger charge is 1.99. The SMILES string of the molecule is CC.CCC.[2H]N=NCc1ccc2c(O)cccc2c1. The van der Waals surface area contributed by atoms with Crippen LogP contribution in [-0.4, -0.2) is 5.11 Å². The van der Waals surface area contributed by atoms with E-state index in [0.717, 1.165) is 16.3 Å². The topological polar surface area (TPSA) is 56.4 Å². The molecule has 0 fully saturated rings. The van der Waals surface area contributed by atoms with Gasteiger partial charge >= 0.3 is 0 Å². The maximum atomic E-state index is 9.57. The third-order valence-electron chi connectivity index (χ3n) is 2.18. The van der Waals surface area contributed by atoms with Gasteiger partial charge in [0.05, 0.1) is 6.54 Å². The van der Waals surface area contributed by atoms with Crippen LogP contribution in [-0.2, 0) is 6.54 Å².